The standard InChI is InChI=1S/C27H20Cl3NO4S/c1-2-34-27(33)24-25(32)23(36-26(24)31-18-6-4-3-5-7-18)14-16-9-11-22(21(30)12-16)35-15-17-8-10-19(28)20(29)13-17/h3-14,32H,2,15H2,1H3/b23-14-,31-26?. The third kappa shape index (κ3) is 6.26. The monoisotopic (exact) mass is 559 g/mol. The van der Waals surface area contributed by atoms with E-state index in [4.69, 9.17) is 44.3 Å². The van der Waals surface area contributed by atoms with Crippen LogP contribution in [0.3, 0.4) is 0 Å². The van der Waals surface area contributed by atoms with Crippen LogP contribution in [0.15, 0.2) is 88.0 Å². The van der Waals surface area contributed by atoms with E-state index in [1.807, 2.05) is 36.4 Å². The van der Waals surface area contributed by atoms with Gasteiger partial charge < -0.3 is 14.6 Å². The first kappa shape index (κ1) is 26.2. The highest BCUT2D eigenvalue weighted by Gasteiger charge is 2.33. The van der Waals surface area contributed by atoms with Gasteiger partial charge in [-0.15, -0.1) is 0 Å². The van der Waals surface area contributed by atoms with Gasteiger partial charge in [0, 0.05) is 0 Å². The highest BCUT2D eigenvalue weighted by Crippen LogP contribution is 2.40. The van der Waals surface area contributed by atoms with Crippen molar-refractivity contribution in [3.05, 3.63) is 109 Å². The Kier molecular flexibility index (Phi) is 8.64. The fourth-order valence-corrected chi connectivity index (χ4v) is 4.88. The highest BCUT2D eigenvalue weighted by atomic mass is 35.5. The molecule has 1 aliphatic rings. The maximum absolute atomic E-state index is 12.6. The van der Waals surface area contributed by atoms with Crippen molar-refractivity contribution in [2.45, 2.75) is 13.5 Å². The molecular weight excluding hydrogens is 541 g/mol. The topological polar surface area (TPSA) is 68.1 Å². The Bertz CT molecular complexity index is 1390. The summed E-state index contributed by atoms with van der Waals surface area (Å²) in [5, 5.41) is 12.5. The molecule has 0 fully saturated rings. The zero-order chi connectivity index (χ0) is 25.7. The van der Waals surface area contributed by atoms with Crippen LogP contribution in [-0.2, 0) is 16.1 Å². The molecule has 0 aromatic heterocycles. The average molecular weight is 561 g/mol. The molecule has 184 valence electrons. The number of aliphatic hydroxyl groups excluding tert-OH is 1. The number of halogens is 3. The lowest BCUT2D eigenvalue weighted by Gasteiger charge is -2.10. The summed E-state index contributed by atoms with van der Waals surface area (Å²) in [5.41, 5.74) is 2.24. The second-order valence-electron chi connectivity index (χ2n) is 7.53. The summed E-state index contributed by atoms with van der Waals surface area (Å²) in [4.78, 5) is 17.6. The second kappa shape index (κ2) is 11.9. The van der Waals surface area contributed by atoms with E-state index in [1.54, 1.807) is 43.3 Å². The molecule has 0 spiro atoms. The van der Waals surface area contributed by atoms with Crippen molar-refractivity contribution in [3.8, 4) is 5.75 Å². The van der Waals surface area contributed by atoms with Crippen LogP contribution < -0.4 is 4.74 Å². The third-order valence-electron chi connectivity index (χ3n) is 4.99. The van der Waals surface area contributed by atoms with E-state index in [9.17, 15) is 9.90 Å². The van der Waals surface area contributed by atoms with Crippen LogP contribution in [0.25, 0.3) is 6.08 Å². The molecule has 4 rings (SSSR count). The summed E-state index contributed by atoms with van der Waals surface area (Å²) >= 11 is 19.6. The highest BCUT2D eigenvalue weighted by molar-refractivity contribution is 8.18. The molecule has 1 heterocycles. The Morgan fingerprint density at radius 1 is 1.00 bits per heavy atom. The molecule has 0 radical (unpaired) electrons. The first-order valence-corrected chi connectivity index (χ1v) is 12.8. The first-order chi connectivity index (χ1) is 17.4. The Balaban J connectivity index is 1.57. The third-order valence-corrected chi connectivity index (χ3v) is 7.04. The number of esters is 1. The Hall–Kier alpha value is -2.90. The zero-order valence-electron chi connectivity index (χ0n) is 19.0. The fourth-order valence-electron chi connectivity index (χ4n) is 3.28. The van der Waals surface area contributed by atoms with E-state index in [2.05, 4.69) is 4.99 Å². The summed E-state index contributed by atoms with van der Waals surface area (Å²) in [6, 6.07) is 19.7. The van der Waals surface area contributed by atoms with Gasteiger partial charge in [-0.1, -0.05) is 76.9 Å². The van der Waals surface area contributed by atoms with Crippen molar-refractivity contribution < 1.29 is 19.4 Å². The van der Waals surface area contributed by atoms with Gasteiger partial charge in [-0.05, 0) is 60.5 Å². The minimum absolute atomic E-state index is 0.0321. The number of carbonyl (C=O) groups is 1. The lowest BCUT2D eigenvalue weighted by molar-refractivity contribution is -0.138. The SMILES string of the molecule is CCOC(=O)C1=C(O)/C(=C/c2ccc(OCc3ccc(Cl)c(Cl)c3)c(Cl)c2)SC1=Nc1ccccc1. The van der Waals surface area contributed by atoms with Crippen molar-refractivity contribution in [1.29, 1.82) is 0 Å². The largest absolute Gasteiger partial charge is 0.506 e. The summed E-state index contributed by atoms with van der Waals surface area (Å²) in [6.07, 6.45) is 1.72. The quantitative estimate of drug-likeness (QED) is 0.294. The van der Waals surface area contributed by atoms with Crippen LogP contribution in [0.2, 0.25) is 15.1 Å². The number of aliphatic hydroxyl groups is 1. The number of nitrogens with zero attached hydrogens (tertiary/aromatic N) is 1. The van der Waals surface area contributed by atoms with Crippen molar-refractivity contribution >= 4 is 69.3 Å². The molecule has 0 aliphatic carbocycles. The van der Waals surface area contributed by atoms with Gasteiger partial charge in [0.15, 0.2) is 0 Å². The van der Waals surface area contributed by atoms with E-state index < -0.39 is 5.97 Å². The lowest BCUT2D eigenvalue weighted by atomic mass is 10.1. The van der Waals surface area contributed by atoms with Crippen LogP contribution in [0.4, 0.5) is 5.69 Å². The van der Waals surface area contributed by atoms with Gasteiger partial charge in [-0.25, -0.2) is 9.79 Å². The molecule has 0 saturated carbocycles. The van der Waals surface area contributed by atoms with Crippen molar-refractivity contribution in [1.82, 2.24) is 0 Å². The molecule has 1 N–H and O–H groups in total. The van der Waals surface area contributed by atoms with E-state index >= 15 is 0 Å². The summed E-state index contributed by atoms with van der Waals surface area (Å²) in [7, 11) is 0. The Morgan fingerprint density at radius 3 is 2.47 bits per heavy atom. The normalized spacial score (nSPS) is 15.6. The summed E-state index contributed by atoms with van der Waals surface area (Å²) < 4.78 is 11.0. The Morgan fingerprint density at radius 2 is 1.78 bits per heavy atom. The van der Waals surface area contributed by atoms with Crippen LogP contribution in [0.5, 0.6) is 5.75 Å². The van der Waals surface area contributed by atoms with Gasteiger partial charge in [0.25, 0.3) is 0 Å². The molecule has 3 aromatic carbocycles. The van der Waals surface area contributed by atoms with Gasteiger partial charge in [-0.2, -0.15) is 0 Å². The van der Waals surface area contributed by atoms with Crippen molar-refractivity contribution in [3.63, 3.8) is 0 Å². The van der Waals surface area contributed by atoms with Crippen LogP contribution >= 0.6 is 46.6 Å². The van der Waals surface area contributed by atoms with Gasteiger partial charge in [0.05, 0.1) is 32.3 Å². The number of hydrogen-bond acceptors (Lipinski definition) is 6. The lowest BCUT2D eigenvalue weighted by Crippen LogP contribution is -2.12. The molecule has 9 heteroatoms. The molecule has 5 nitrogen and oxygen atoms in total. The molecule has 0 saturated heterocycles. The maximum atomic E-state index is 12.6. The summed E-state index contributed by atoms with van der Waals surface area (Å²) in [6.45, 7) is 2.14. The molecule has 36 heavy (non-hydrogen) atoms. The second-order valence-corrected chi connectivity index (χ2v) is 9.79. The van der Waals surface area contributed by atoms with E-state index in [0.29, 0.717) is 42.0 Å². The molecule has 0 bridgehead atoms. The number of carbonyl (C=O) groups excluding carboxylic acids is 1. The Labute approximate surface area is 228 Å². The van der Waals surface area contributed by atoms with E-state index in [-0.39, 0.29) is 24.5 Å². The average Bonchev–Trinajstić information content (AvgIpc) is 3.15. The van der Waals surface area contributed by atoms with Crippen LogP contribution in [0, 0.1) is 0 Å². The van der Waals surface area contributed by atoms with Gasteiger partial charge in [0.2, 0.25) is 0 Å². The smallest absolute Gasteiger partial charge is 0.344 e. The molecule has 0 atom stereocenters. The van der Waals surface area contributed by atoms with Gasteiger partial charge in [0.1, 0.15) is 28.7 Å². The number of para-hydroxylation sites is 1. The number of ether oxygens (including phenoxy) is 2. The van der Waals surface area contributed by atoms with Gasteiger partial charge >= 0.3 is 5.97 Å². The molecule has 1 aliphatic heterocycles. The first-order valence-electron chi connectivity index (χ1n) is 10.9. The minimum atomic E-state index is -0.635. The molecular formula is C27H20Cl3NO4S. The maximum Gasteiger partial charge on any atom is 0.344 e. The van der Waals surface area contributed by atoms with Crippen LogP contribution in [-0.4, -0.2) is 22.7 Å². The number of aliphatic imine (C=N–C) groups is 1. The predicted molar refractivity (Wildman–Crippen MR) is 148 cm³/mol. The number of thioether (sulfide) groups is 1. The van der Waals surface area contributed by atoms with Crippen LogP contribution in [0.1, 0.15) is 18.1 Å². The molecule has 0 amide bonds. The fraction of sp³-hybridized carbons (Fsp3) is 0.111. The summed E-state index contributed by atoms with van der Waals surface area (Å²) in [5.74, 6) is -0.337. The van der Waals surface area contributed by atoms with Crippen molar-refractivity contribution in [2.24, 2.45) is 4.99 Å². The van der Waals surface area contributed by atoms with E-state index in [1.165, 1.54) is 11.8 Å². The van der Waals surface area contributed by atoms with Gasteiger partial charge in [-0.3, -0.25) is 0 Å². The molecule has 0 unspecified atom stereocenters. The minimum Gasteiger partial charge on any atom is -0.506 e. The predicted octanol–water partition coefficient (Wildman–Crippen LogP) is 8.42. The number of benzene rings is 3. The zero-order valence-corrected chi connectivity index (χ0v) is 22.1. The number of rotatable bonds is 7. The van der Waals surface area contributed by atoms with E-state index in [0.717, 1.165) is 5.56 Å². The molecule has 3 aromatic rings. The number of hydrogen-bond donors (Lipinski definition) is 1. The van der Waals surface area contributed by atoms with Crippen molar-refractivity contribution in [2.75, 3.05) is 6.61 Å².